The lowest BCUT2D eigenvalue weighted by Crippen LogP contribution is -2.35. The third-order valence-electron chi connectivity index (χ3n) is 5.27. The van der Waals surface area contributed by atoms with Crippen LogP contribution >= 0.6 is 0 Å². The number of nitrogens with one attached hydrogen (secondary N) is 1. The maximum atomic E-state index is 11.7. The van der Waals surface area contributed by atoms with Crippen LogP contribution in [0.15, 0.2) is 6.20 Å². The average molecular weight is 325 g/mol. The third-order valence-corrected chi connectivity index (χ3v) is 7.02. The summed E-state index contributed by atoms with van der Waals surface area (Å²) < 4.78 is 23.5. The van der Waals surface area contributed by atoms with Crippen LogP contribution in [0.3, 0.4) is 0 Å². The Balaban J connectivity index is 1.70. The van der Waals surface area contributed by atoms with Gasteiger partial charge in [-0.1, -0.05) is 26.2 Å². The van der Waals surface area contributed by atoms with E-state index >= 15 is 0 Å². The van der Waals surface area contributed by atoms with Crippen molar-refractivity contribution in [3.8, 4) is 0 Å². The molecule has 1 aliphatic heterocycles. The van der Waals surface area contributed by atoms with Crippen LogP contribution in [0.25, 0.3) is 0 Å². The summed E-state index contributed by atoms with van der Waals surface area (Å²) in [7, 11) is -2.83. The van der Waals surface area contributed by atoms with E-state index in [1.54, 1.807) is 0 Å². The SMILES string of the molecule is CCN(Cc1cn[nH]c1C1CCCCC1)[C@@H]1CCS(=O)(=O)C1. The smallest absolute Gasteiger partial charge is 0.151 e. The summed E-state index contributed by atoms with van der Waals surface area (Å²) in [5.74, 6) is 1.27. The number of rotatable bonds is 5. The molecule has 0 amide bonds. The van der Waals surface area contributed by atoms with E-state index in [0.29, 0.717) is 17.4 Å². The molecular weight excluding hydrogens is 298 g/mol. The molecule has 1 aromatic rings. The Morgan fingerprint density at radius 1 is 1.27 bits per heavy atom. The van der Waals surface area contributed by atoms with Crippen molar-refractivity contribution in [2.24, 2.45) is 0 Å². The van der Waals surface area contributed by atoms with Gasteiger partial charge in [0.25, 0.3) is 0 Å². The molecule has 0 spiro atoms. The molecule has 0 aromatic carbocycles. The Hall–Kier alpha value is -0.880. The van der Waals surface area contributed by atoms with Gasteiger partial charge in [0, 0.05) is 29.8 Å². The van der Waals surface area contributed by atoms with Crippen molar-refractivity contribution in [1.29, 1.82) is 0 Å². The normalized spacial score (nSPS) is 25.8. The fourth-order valence-corrected chi connectivity index (χ4v) is 5.73. The molecule has 5 nitrogen and oxygen atoms in total. The van der Waals surface area contributed by atoms with Crippen molar-refractivity contribution >= 4 is 9.84 Å². The molecule has 1 N–H and O–H groups in total. The van der Waals surface area contributed by atoms with E-state index in [-0.39, 0.29) is 6.04 Å². The van der Waals surface area contributed by atoms with E-state index < -0.39 is 9.84 Å². The highest BCUT2D eigenvalue weighted by molar-refractivity contribution is 7.91. The average Bonchev–Trinajstić information content (AvgIpc) is 3.11. The van der Waals surface area contributed by atoms with E-state index in [0.717, 1.165) is 19.5 Å². The molecule has 22 heavy (non-hydrogen) atoms. The summed E-state index contributed by atoms with van der Waals surface area (Å²) in [6.45, 7) is 3.82. The van der Waals surface area contributed by atoms with Crippen LogP contribution < -0.4 is 0 Å². The molecule has 1 saturated carbocycles. The molecule has 2 aliphatic rings. The molecule has 124 valence electrons. The van der Waals surface area contributed by atoms with Crippen LogP contribution in [0.2, 0.25) is 0 Å². The van der Waals surface area contributed by atoms with Gasteiger partial charge < -0.3 is 0 Å². The maximum Gasteiger partial charge on any atom is 0.151 e. The summed E-state index contributed by atoms with van der Waals surface area (Å²) in [4.78, 5) is 2.31. The molecule has 0 unspecified atom stereocenters. The number of sulfone groups is 1. The zero-order chi connectivity index (χ0) is 15.6. The van der Waals surface area contributed by atoms with E-state index in [9.17, 15) is 8.42 Å². The van der Waals surface area contributed by atoms with Crippen molar-refractivity contribution < 1.29 is 8.42 Å². The Kier molecular flexibility index (Phi) is 4.88. The highest BCUT2D eigenvalue weighted by Crippen LogP contribution is 2.33. The highest BCUT2D eigenvalue weighted by atomic mass is 32.2. The number of nitrogens with zero attached hydrogens (tertiary/aromatic N) is 2. The molecule has 3 rings (SSSR count). The molecule has 0 bridgehead atoms. The van der Waals surface area contributed by atoms with Crippen molar-refractivity contribution in [3.05, 3.63) is 17.5 Å². The fourth-order valence-electron chi connectivity index (χ4n) is 3.97. The van der Waals surface area contributed by atoms with Gasteiger partial charge >= 0.3 is 0 Å². The van der Waals surface area contributed by atoms with Gasteiger partial charge in [-0.15, -0.1) is 0 Å². The summed E-state index contributed by atoms with van der Waals surface area (Å²) >= 11 is 0. The summed E-state index contributed by atoms with van der Waals surface area (Å²) in [5.41, 5.74) is 2.55. The minimum Gasteiger partial charge on any atom is -0.295 e. The van der Waals surface area contributed by atoms with Crippen LogP contribution in [-0.4, -0.2) is 47.6 Å². The largest absolute Gasteiger partial charge is 0.295 e. The quantitative estimate of drug-likeness (QED) is 0.903. The molecule has 0 radical (unpaired) electrons. The second-order valence-electron chi connectivity index (χ2n) is 6.76. The van der Waals surface area contributed by atoms with Gasteiger partial charge in [0.1, 0.15) is 0 Å². The number of aromatic amines is 1. The Bertz CT molecular complexity index is 590. The molecular formula is C16H27N3O2S. The van der Waals surface area contributed by atoms with E-state index in [1.165, 1.54) is 43.4 Å². The minimum absolute atomic E-state index is 0.170. The Morgan fingerprint density at radius 2 is 2.05 bits per heavy atom. The second kappa shape index (κ2) is 6.71. The van der Waals surface area contributed by atoms with Crippen molar-refractivity contribution in [3.63, 3.8) is 0 Å². The monoisotopic (exact) mass is 325 g/mol. The first kappa shape index (κ1) is 16.0. The summed E-state index contributed by atoms with van der Waals surface area (Å²) in [5, 5.41) is 7.49. The fraction of sp³-hybridized carbons (Fsp3) is 0.812. The lowest BCUT2D eigenvalue weighted by atomic mass is 9.85. The molecule has 1 aromatic heterocycles. The lowest BCUT2D eigenvalue weighted by molar-refractivity contribution is 0.213. The van der Waals surface area contributed by atoms with Gasteiger partial charge in [0.2, 0.25) is 0 Å². The second-order valence-corrected chi connectivity index (χ2v) is 8.99. The zero-order valence-electron chi connectivity index (χ0n) is 13.4. The zero-order valence-corrected chi connectivity index (χ0v) is 14.2. The first-order chi connectivity index (χ1) is 10.6. The Morgan fingerprint density at radius 3 is 2.68 bits per heavy atom. The minimum atomic E-state index is -2.83. The van der Waals surface area contributed by atoms with Gasteiger partial charge in [0.05, 0.1) is 17.7 Å². The molecule has 1 aliphatic carbocycles. The van der Waals surface area contributed by atoms with Crippen LogP contribution in [-0.2, 0) is 16.4 Å². The summed E-state index contributed by atoms with van der Waals surface area (Å²) in [6, 6.07) is 0.170. The number of aromatic nitrogens is 2. The standard InChI is InChI=1S/C16H27N3O2S/c1-2-19(15-8-9-22(20,21)12-15)11-14-10-17-18-16(14)13-6-4-3-5-7-13/h10,13,15H,2-9,11-12H2,1H3,(H,17,18)/t15-/m1/s1. The molecule has 6 heteroatoms. The van der Waals surface area contributed by atoms with Crippen molar-refractivity contribution in [2.45, 2.75) is 64.0 Å². The molecule has 1 saturated heterocycles. The van der Waals surface area contributed by atoms with Crippen molar-refractivity contribution in [1.82, 2.24) is 15.1 Å². The van der Waals surface area contributed by atoms with Gasteiger partial charge in [-0.3, -0.25) is 10.00 Å². The topological polar surface area (TPSA) is 66.1 Å². The highest BCUT2D eigenvalue weighted by Gasteiger charge is 2.32. The lowest BCUT2D eigenvalue weighted by Gasteiger charge is -2.28. The van der Waals surface area contributed by atoms with Crippen LogP contribution in [0.4, 0.5) is 0 Å². The predicted octanol–water partition coefficient (Wildman–Crippen LogP) is 2.47. The number of hydrogen-bond acceptors (Lipinski definition) is 4. The Labute approximate surface area is 133 Å². The van der Waals surface area contributed by atoms with Crippen molar-refractivity contribution in [2.75, 3.05) is 18.1 Å². The van der Waals surface area contributed by atoms with Crippen LogP contribution in [0.1, 0.15) is 62.6 Å². The summed E-state index contributed by atoms with van der Waals surface area (Å²) in [6.07, 6.45) is 9.17. The molecule has 2 fully saturated rings. The van der Waals surface area contributed by atoms with Gasteiger partial charge in [-0.25, -0.2) is 8.42 Å². The first-order valence-corrected chi connectivity index (χ1v) is 10.4. The third kappa shape index (κ3) is 3.54. The maximum absolute atomic E-state index is 11.7. The van der Waals surface area contributed by atoms with Crippen LogP contribution in [0.5, 0.6) is 0 Å². The number of hydrogen-bond donors (Lipinski definition) is 1. The number of H-pyrrole nitrogens is 1. The van der Waals surface area contributed by atoms with Gasteiger partial charge in [-0.2, -0.15) is 5.10 Å². The van der Waals surface area contributed by atoms with E-state index in [1.807, 2.05) is 6.20 Å². The van der Waals surface area contributed by atoms with E-state index in [4.69, 9.17) is 0 Å². The molecule has 2 heterocycles. The predicted molar refractivity (Wildman–Crippen MR) is 87.6 cm³/mol. The molecule has 1 atom stereocenters. The van der Waals surface area contributed by atoms with Gasteiger partial charge in [0.15, 0.2) is 9.84 Å². The van der Waals surface area contributed by atoms with E-state index in [2.05, 4.69) is 22.0 Å². The van der Waals surface area contributed by atoms with Gasteiger partial charge in [-0.05, 0) is 25.8 Å². The van der Waals surface area contributed by atoms with Crippen LogP contribution in [0, 0.1) is 0 Å². The first-order valence-electron chi connectivity index (χ1n) is 8.55.